The summed E-state index contributed by atoms with van der Waals surface area (Å²) in [5.74, 6) is -0.387. The zero-order valence-electron chi connectivity index (χ0n) is 12.5. The lowest BCUT2D eigenvalue weighted by atomic mass is 10.1. The normalized spacial score (nSPS) is 12.6. The van der Waals surface area contributed by atoms with Gasteiger partial charge in [0.2, 0.25) is 0 Å². The maximum absolute atomic E-state index is 12.8. The van der Waals surface area contributed by atoms with Gasteiger partial charge in [-0.15, -0.1) is 0 Å². The Morgan fingerprint density at radius 3 is 2.52 bits per heavy atom. The second-order valence-corrected chi connectivity index (χ2v) is 5.43. The molecule has 21 heavy (non-hydrogen) atoms. The molecule has 0 aliphatic heterocycles. The van der Waals surface area contributed by atoms with E-state index in [-0.39, 0.29) is 5.82 Å². The van der Waals surface area contributed by atoms with Crippen LogP contribution >= 0.6 is 0 Å². The van der Waals surface area contributed by atoms with Crippen LogP contribution in [0.1, 0.15) is 29.3 Å². The van der Waals surface area contributed by atoms with Crippen molar-refractivity contribution in [2.75, 3.05) is 13.6 Å². The molecule has 0 fully saturated rings. The summed E-state index contributed by atoms with van der Waals surface area (Å²) in [6, 6.07) is 11.3. The van der Waals surface area contributed by atoms with Gasteiger partial charge < -0.3 is 10.0 Å². The van der Waals surface area contributed by atoms with Crippen molar-refractivity contribution in [1.29, 1.82) is 0 Å². The molecule has 1 heterocycles. The Bertz CT molecular complexity index is 554. The molecule has 1 unspecified atom stereocenters. The maximum Gasteiger partial charge on any atom is 0.141 e. The third-order valence-electron chi connectivity index (χ3n) is 3.45. The second kappa shape index (κ2) is 7.29. The van der Waals surface area contributed by atoms with E-state index in [2.05, 4.69) is 41.1 Å². The van der Waals surface area contributed by atoms with E-state index in [0.29, 0.717) is 12.1 Å². The van der Waals surface area contributed by atoms with Gasteiger partial charge in [-0.2, -0.15) is 0 Å². The van der Waals surface area contributed by atoms with Crippen LogP contribution in [0.4, 0.5) is 4.39 Å². The van der Waals surface area contributed by atoms with Crippen molar-refractivity contribution < 1.29 is 9.50 Å². The van der Waals surface area contributed by atoms with Gasteiger partial charge in [0.05, 0.1) is 18.0 Å². The van der Waals surface area contributed by atoms with E-state index in [0.717, 1.165) is 19.3 Å². The predicted molar refractivity (Wildman–Crippen MR) is 81.3 cm³/mol. The molecule has 4 heteroatoms. The molecule has 3 nitrogen and oxygen atoms in total. The smallest absolute Gasteiger partial charge is 0.141 e. The number of hydrogen-bond donors (Lipinski definition) is 1. The van der Waals surface area contributed by atoms with Crippen molar-refractivity contribution in [1.82, 2.24) is 9.88 Å². The summed E-state index contributed by atoms with van der Waals surface area (Å²) in [6.07, 6.45) is 1.04. The third-order valence-corrected chi connectivity index (χ3v) is 3.45. The molecule has 0 amide bonds. The lowest BCUT2D eigenvalue weighted by Crippen LogP contribution is -2.21. The molecule has 1 aromatic carbocycles. The third kappa shape index (κ3) is 4.92. The Balaban J connectivity index is 1.81. The number of aliphatic hydroxyl groups is 1. The van der Waals surface area contributed by atoms with Gasteiger partial charge in [0, 0.05) is 13.1 Å². The summed E-state index contributed by atoms with van der Waals surface area (Å²) < 4.78 is 12.8. The topological polar surface area (TPSA) is 36.4 Å². The van der Waals surface area contributed by atoms with Gasteiger partial charge >= 0.3 is 0 Å². The molecule has 1 aromatic heterocycles. The monoisotopic (exact) mass is 288 g/mol. The maximum atomic E-state index is 12.8. The number of hydrogen-bond acceptors (Lipinski definition) is 3. The first-order valence-electron chi connectivity index (χ1n) is 7.08. The fourth-order valence-corrected chi connectivity index (χ4v) is 2.16. The highest BCUT2D eigenvalue weighted by atomic mass is 19.1. The first-order chi connectivity index (χ1) is 10.0. The SMILES string of the molecule is Cc1ccc(CN(C)CCC(O)c2ccc(F)cn2)cc1. The predicted octanol–water partition coefficient (Wildman–Crippen LogP) is 3.08. The van der Waals surface area contributed by atoms with E-state index in [9.17, 15) is 9.50 Å². The van der Waals surface area contributed by atoms with Crippen molar-refractivity contribution in [2.45, 2.75) is 26.0 Å². The lowest BCUT2D eigenvalue weighted by molar-refractivity contribution is 0.143. The fourth-order valence-electron chi connectivity index (χ4n) is 2.16. The lowest BCUT2D eigenvalue weighted by Gasteiger charge is -2.19. The molecule has 0 saturated carbocycles. The van der Waals surface area contributed by atoms with Crippen molar-refractivity contribution in [3.63, 3.8) is 0 Å². The number of nitrogens with zero attached hydrogens (tertiary/aromatic N) is 2. The number of aliphatic hydroxyl groups excluding tert-OH is 1. The van der Waals surface area contributed by atoms with Gasteiger partial charge in [-0.1, -0.05) is 29.8 Å². The summed E-state index contributed by atoms with van der Waals surface area (Å²) in [6.45, 7) is 3.65. The zero-order valence-corrected chi connectivity index (χ0v) is 12.5. The molecule has 112 valence electrons. The molecule has 2 aromatic rings. The van der Waals surface area contributed by atoms with Gasteiger partial charge in [0.1, 0.15) is 5.82 Å². The number of pyridine rings is 1. The van der Waals surface area contributed by atoms with E-state index < -0.39 is 6.10 Å². The second-order valence-electron chi connectivity index (χ2n) is 5.43. The van der Waals surface area contributed by atoms with Gasteiger partial charge in [0.15, 0.2) is 0 Å². The molecular formula is C17H21FN2O. The minimum atomic E-state index is -0.661. The van der Waals surface area contributed by atoms with E-state index in [4.69, 9.17) is 0 Å². The number of benzene rings is 1. The highest BCUT2D eigenvalue weighted by Gasteiger charge is 2.10. The van der Waals surface area contributed by atoms with E-state index >= 15 is 0 Å². The van der Waals surface area contributed by atoms with Gasteiger partial charge in [-0.05, 0) is 38.1 Å². The van der Waals surface area contributed by atoms with Crippen molar-refractivity contribution in [3.8, 4) is 0 Å². The fraction of sp³-hybridized carbons (Fsp3) is 0.353. The van der Waals surface area contributed by atoms with Crippen LogP contribution < -0.4 is 0 Å². The largest absolute Gasteiger partial charge is 0.387 e. The Labute approximate surface area is 125 Å². The summed E-state index contributed by atoms with van der Waals surface area (Å²) in [4.78, 5) is 6.06. The first kappa shape index (κ1) is 15.6. The Morgan fingerprint density at radius 2 is 1.90 bits per heavy atom. The minimum Gasteiger partial charge on any atom is -0.387 e. The van der Waals surface area contributed by atoms with Crippen LogP contribution in [0.5, 0.6) is 0 Å². The Morgan fingerprint density at radius 1 is 1.19 bits per heavy atom. The van der Waals surface area contributed by atoms with E-state index in [1.807, 2.05) is 7.05 Å². The van der Waals surface area contributed by atoms with Gasteiger partial charge in [-0.25, -0.2) is 4.39 Å². The quantitative estimate of drug-likeness (QED) is 0.887. The molecule has 0 saturated heterocycles. The number of aromatic nitrogens is 1. The molecule has 1 N–H and O–H groups in total. The minimum absolute atomic E-state index is 0.387. The van der Waals surface area contributed by atoms with Gasteiger partial charge in [-0.3, -0.25) is 4.98 Å². The van der Waals surface area contributed by atoms with Crippen LogP contribution in [-0.4, -0.2) is 28.6 Å². The Kier molecular flexibility index (Phi) is 5.42. The highest BCUT2D eigenvalue weighted by Crippen LogP contribution is 2.15. The van der Waals surface area contributed by atoms with Crippen molar-refractivity contribution in [3.05, 3.63) is 65.2 Å². The summed E-state index contributed by atoms with van der Waals surface area (Å²) in [5, 5.41) is 10.1. The molecule has 0 spiro atoms. The molecule has 2 rings (SSSR count). The van der Waals surface area contributed by atoms with Crippen molar-refractivity contribution >= 4 is 0 Å². The summed E-state index contributed by atoms with van der Waals surface area (Å²) in [5.41, 5.74) is 3.01. The first-order valence-corrected chi connectivity index (χ1v) is 7.08. The molecule has 0 bridgehead atoms. The van der Waals surface area contributed by atoms with E-state index in [1.54, 1.807) is 0 Å². The Hall–Kier alpha value is -1.78. The zero-order chi connectivity index (χ0) is 15.2. The van der Waals surface area contributed by atoms with Crippen LogP contribution in [0.25, 0.3) is 0 Å². The van der Waals surface area contributed by atoms with Crippen LogP contribution in [0.2, 0.25) is 0 Å². The molecule has 0 aliphatic rings. The number of aryl methyl sites for hydroxylation is 1. The standard InChI is InChI=1S/C17H21FN2O/c1-13-3-5-14(6-4-13)12-20(2)10-9-17(21)16-8-7-15(18)11-19-16/h3-8,11,17,21H,9-10,12H2,1-2H3. The van der Waals surface area contributed by atoms with Crippen molar-refractivity contribution in [2.24, 2.45) is 0 Å². The van der Waals surface area contributed by atoms with E-state index in [1.165, 1.54) is 23.3 Å². The molecule has 1 atom stereocenters. The van der Waals surface area contributed by atoms with Crippen LogP contribution in [-0.2, 0) is 6.54 Å². The highest BCUT2D eigenvalue weighted by molar-refractivity contribution is 5.21. The average Bonchev–Trinajstić information content (AvgIpc) is 2.48. The molecular weight excluding hydrogens is 267 g/mol. The van der Waals surface area contributed by atoms with Crippen LogP contribution in [0.3, 0.4) is 0 Å². The van der Waals surface area contributed by atoms with Crippen LogP contribution in [0.15, 0.2) is 42.6 Å². The van der Waals surface area contributed by atoms with Gasteiger partial charge in [0.25, 0.3) is 0 Å². The molecule has 0 radical (unpaired) electrons. The average molecular weight is 288 g/mol. The molecule has 0 aliphatic carbocycles. The number of halogens is 1. The summed E-state index contributed by atoms with van der Waals surface area (Å²) >= 11 is 0. The summed E-state index contributed by atoms with van der Waals surface area (Å²) in [7, 11) is 2.02. The van der Waals surface area contributed by atoms with Crippen LogP contribution in [0, 0.1) is 12.7 Å². The number of rotatable bonds is 6.